The van der Waals surface area contributed by atoms with Gasteiger partial charge >= 0.3 is 0 Å². The molecule has 0 bridgehead atoms. The van der Waals surface area contributed by atoms with Crippen LogP contribution in [0.25, 0.3) is 0 Å². The molecule has 2 aliphatic rings. The molecule has 124 valence electrons. The normalized spacial score (nSPS) is 36.3. The van der Waals surface area contributed by atoms with E-state index in [0.717, 1.165) is 5.92 Å². The SMILES string of the molecule is CC1CCC(CNC(C)C)(CN2CCN(C)C(C)C2)CC1. The van der Waals surface area contributed by atoms with Crippen LogP contribution in [0.15, 0.2) is 0 Å². The van der Waals surface area contributed by atoms with Gasteiger partial charge in [-0.1, -0.05) is 33.6 Å². The summed E-state index contributed by atoms with van der Waals surface area (Å²) in [5.74, 6) is 0.934. The van der Waals surface area contributed by atoms with Crippen LogP contribution in [0.5, 0.6) is 0 Å². The highest BCUT2D eigenvalue weighted by Gasteiger charge is 2.36. The molecule has 2 fully saturated rings. The Morgan fingerprint density at radius 2 is 1.81 bits per heavy atom. The zero-order valence-electron chi connectivity index (χ0n) is 15.0. The molecule has 0 radical (unpaired) electrons. The molecule has 1 unspecified atom stereocenters. The van der Waals surface area contributed by atoms with Crippen LogP contribution in [-0.4, -0.2) is 61.7 Å². The lowest BCUT2D eigenvalue weighted by Crippen LogP contribution is -2.55. The van der Waals surface area contributed by atoms with E-state index in [-0.39, 0.29) is 0 Å². The van der Waals surface area contributed by atoms with Gasteiger partial charge in [-0.15, -0.1) is 0 Å². The maximum Gasteiger partial charge on any atom is 0.0192 e. The second kappa shape index (κ2) is 7.43. The van der Waals surface area contributed by atoms with Gasteiger partial charge < -0.3 is 10.2 Å². The fourth-order valence-electron chi connectivity index (χ4n) is 3.93. The maximum atomic E-state index is 3.74. The van der Waals surface area contributed by atoms with Crippen molar-refractivity contribution in [1.29, 1.82) is 0 Å². The summed E-state index contributed by atoms with van der Waals surface area (Å²) in [5, 5.41) is 3.74. The number of rotatable bonds is 5. The van der Waals surface area contributed by atoms with Crippen LogP contribution in [0.4, 0.5) is 0 Å². The molecule has 1 N–H and O–H groups in total. The van der Waals surface area contributed by atoms with Gasteiger partial charge in [-0.3, -0.25) is 4.90 Å². The lowest BCUT2D eigenvalue weighted by molar-refractivity contribution is 0.0389. The molecule has 1 aliphatic heterocycles. The Bertz CT molecular complexity index is 308. The number of hydrogen-bond donors (Lipinski definition) is 1. The van der Waals surface area contributed by atoms with E-state index in [1.54, 1.807) is 0 Å². The molecule has 0 aromatic heterocycles. The molecule has 2 rings (SSSR count). The van der Waals surface area contributed by atoms with Crippen LogP contribution in [0.1, 0.15) is 53.4 Å². The van der Waals surface area contributed by atoms with E-state index < -0.39 is 0 Å². The summed E-state index contributed by atoms with van der Waals surface area (Å²) in [5.41, 5.74) is 0.520. The fraction of sp³-hybridized carbons (Fsp3) is 1.00. The molecular formula is C18H37N3. The Hall–Kier alpha value is -0.120. The number of nitrogens with one attached hydrogen (secondary N) is 1. The minimum atomic E-state index is 0.520. The Balaban J connectivity index is 1.95. The van der Waals surface area contributed by atoms with E-state index in [0.29, 0.717) is 17.5 Å². The van der Waals surface area contributed by atoms with Crippen molar-refractivity contribution in [3.63, 3.8) is 0 Å². The van der Waals surface area contributed by atoms with Crippen molar-refractivity contribution in [2.24, 2.45) is 11.3 Å². The first-order chi connectivity index (χ1) is 9.90. The van der Waals surface area contributed by atoms with E-state index in [4.69, 9.17) is 0 Å². The van der Waals surface area contributed by atoms with Gasteiger partial charge in [0.25, 0.3) is 0 Å². The Morgan fingerprint density at radius 3 is 2.38 bits per heavy atom. The van der Waals surface area contributed by atoms with Gasteiger partial charge in [-0.25, -0.2) is 0 Å². The summed E-state index contributed by atoms with van der Waals surface area (Å²) in [7, 11) is 2.26. The van der Waals surface area contributed by atoms with Gasteiger partial charge in [0.1, 0.15) is 0 Å². The van der Waals surface area contributed by atoms with Crippen molar-refractivity contribution in [3.8, 4) is 0 Å². The molecule has 1 heterocycles. The first-order valence-corrected chi connectivity index (χ1v) is 9.06. The predicted molar refractivity (Wildman–Crippen MR) is 91.7 cm³/mol. The van der Waals surface area contributed by atoms with E-state index in [1.165, 1.54) is 58.4 Å². The summed E-state index contributed by atoms with van der Waals surface area (Å²) >= 11 is 0. The van der Waals surface area contributed by atoms with Crippen LogP contribution < -0.4 is 5.32 Å². The summed E-state index contributed by atoms with van der Waals surface area (Å²) in [6.45, 7) is 15.6. The lowest BCUT2D eigenvalue weighted by Gasteiger charge is -2.46. The highest BCUT2D eigenvalue weighted by atomic mass is 15.3. The highest BCUT2D eigenvalue weighted by molar-refractivity contribution is 4.91. The monoisotopic (exact) mass is 295 g/mol. The van der Waals surface area contributed by atoms with Gasteiger partial charge in [0.2, 0.25) is 0 Å². The summed E-state index contributed by atoms with van der Waals surface area (Å²) in [6.07, 6.45) is 5.66. The van der Waals surface area contributed by atoms with E-state index in [1.807, 2.05) is 0 Å². The Morgan fingerprint density at radius 1 is 1.14 bits per heavy atom. The van der Waals surface area contributed by atoms with Gasteiger partial charge in [0.05, 0.1) is 0 Å². The average molecular weight is 296 g/mol. The van der Waals surface area contributed by atoms with Crippen molar-refractivity contribution in [2.45, 2.75) is 65.5 Å². The van der Waals surface area contributed by atoms with Crippen molar-refractivity contribution < 1.29 is 0 Å². The number of nitrogens with zero attached hydrogens (tertiary/aromatic N) is 2. The standard InChI is InChI=1S/C18H37N3/c1-15(2)19-13-18(8-6-16(3)7-9-18)14-21-11-10-20(5)17(4)12-21/h15-17,19H,6-14H2,1-5H3. The highest BCUT2D eigenvalue weighted by Crippen LogP contribution is 2.39. The smallest absolute Gasteiger partial charge is 0.0192 e. The van der Waals surface area contributed by atoms with Gasteiger partial charge in [-0.2, -0.15) is 0 Å². The molecule has 1 aliphatic carbocycles. The average Bonchev–Trinajstić information content (AvgIpc) is 2.44. The number of likely N-dealkylation sites (N-methyl/N-ethyl adjacent to an activating group) is 1. The number of piperazine rings is 1. The second-order valence-corrected chi connectivity index (χ2v) is 8.28. The zero-order chi connectivity index (χ0) is 15.5. The third-order valence-electron chi connectivity index (χ3n) is 5.82. The summed E-state index contributed by atoms with van der Waals surface area (Å²) < 4.78 is 0. The van der Waals surface area contributed by atoms with Gasteiger partial charge in [-0.05, 0) is 38.1 Å². The molecule has 1 saturated carbocycles. The van der Waals surface area contributed by atoms with Gasteiger partial charge in [0.15, 0.2) is 0 Å². The van der Waals surface area contributed by atoms with E-state index in [2.05, 4.69) is 49.9 Å². The molecular weight excluding hydrogens is 258 g/mol. The summed E-state index contributed by atoms with van der Waals surface area (Å²) in [4.78, 5) is 5.24. The van der Waals surface area contributed by atoms with Crippen LogP contribution in [0.2, 0.25) is 0 Å². The molecule has 1 saturated heterocycles. The molecule has 0 spiro atoms. The first-order valence-electron chi connectivity index (χ1n) is 9.06. The first kappa shape index (κ1) is 17.2. The van der Waals surface area contributed by atoms with Crippen molar-refractivity contribution in [1.82, 2.24) is 15.1 Å². The largest absolute Gasteiger partial charge is 0.314 e. The Labute approximate surface area is 132 Å². The quantitative estimate of drug-likeness (QED) is 0.841. The van der Waals surface area contributed by atoms with E-state index in [9.17, 15) is 0 Å². The molecule has 1 atom stereocenters. The van der Waals surface area contributed by atoms with Crippen molar-refractivity contribution in [2.75, 3.05) is 39.8 Å². The minimum absolute atomic E-state index is 0.520. The van der Waals surface area contributed by atoms with Crippen molar-refractivity contribution >= 4 is 0 Å². The molecule has 21 heavy (non-hydrogen) atoms. The predicted octanol–water partition coefficient (Wildman–Crippen LogP) is 2.82. The zero-order valence-corrected chi connectivity index (χ0v) is 15.0. The number of hydrogen-bond acceptors (Lipinski definition) is 3. The Kier molecular flexibility index (Phi) is 6.10. The minimum Gasteiger partial charge on any atom is -0.314 e. The third-order valence-corrected chi connectivity index (χ3v) is 5.82. The second-order valence-electron chi connectivity index (χ2n) is 8.28. The molecule has 0 amide bonds. The molecule has 3 heteroatoms. The van der Waals surface area contributed by atoms with Gasteiger partial charge in [0, 0.05) is 44.8 Å². The van der Waals surface area contributed by atoms with Crippen LogP contribution in [-0.2, 0) is 0 Å². The van der Waals surface area contributed by atoms with Crippen LogP contribution >= 0.6 is 0 Å². The van der Waals surface area contributed by atoms with E-state index >= 15 is 0 Å². The maximum absolute atomic E-state index is 3.74. The third kappa shape index (κ3) is 4.94. The lowest BCUT2D eigenvalue weighted by atomic mass is 9.70. The summed E-state index contributed by atoms with van der Waals surface area (Å²) in [6, 6.07) is 1.31. The van der Waals surface area contributed by atoms with Crippen LogP contribution in [0, 0.1) is 11.3 Å². The van der Waals surface area contributed by atoms with Crippen molar-refractivity contribution in [3.05, 3.63) is 0 Å². The molecule has 0 aromatic carbocycles. The topological polar surface area (TPSA) is 18.5 Å². The molecule has 3 nitrogen and oxygen atoms in total. The van der Waals surface area contributed by atoms with Crippen LogP contribution in [0.3, 0.4) is 0 Å². The molecule has 0 aromatic rings. The fourth-order valence-corrected chi connectivity index (χ4v) is 3.93.